The molecule has 2 aliphatic rings. The molecule has 2 rings (SSSR count). The van der Waals surface area contributed by atoms with Gasteiger partial charge in [-0.25, -0.2) is 4.99 Å². The molecule has 6 nitrogen and oxygen atoms in total. The molecule has 1 unspecified atom stereocenters. The Morgan fingerprint density at radius 2 is 2.15 bits per heavy atom. The van der Waals surface area contributed by atoms with Crippen LogP contribution in [0.2, 0.25) is 0 Å². The molecular formula is C13H24IN3O3. The second-order valence-electron chi connectivity index (χ2n) is 5.11. The van der Waals surface area contributed by atoms with Gasteiger partial charge in [0.1, 0.15) is 6.10 Å². The molecule has 0 bridgehead atoms. The number of halogens is 1. The SMILES string of the molecule is C=C(C)CN=C(N)NCC1COC2(CCOCC2)O1.I. The maximum Gasteiger partial charge on any atom is 0.188 e. The second kappa shape index (κ2) is 8.16. The van der Waals surface area contributed by atoms with Crippen molar-refractivity contribution in [2.45, 2.75) is 31.7 Å². The summed E-state index contributed by atoms with van der Waals surface area (Å²) >= 11 is 0. The van der Waals surface area contributed by atoms with Crippen LogP contribution in [0, 0.1) is 0 Å². The van der Waals surface area contributed by atoms with Crippen LogP contribution in [0.25, 0.3) is 0 Å². The van der Waals surface area contributed by atoms with E-state index in [9.17, 15) is 0 Å². The Labute approximate surface area is 137 Å². The molecule has 2 saturated heterocycles. The van der Waals surface area contributed by atoms with Crippen molar-refractivity contribution < 1.29 is 14.2 Å². The van der Waals surface area contributed by atoms with E-state index in [0.717, 1.165) is 18.4 Å². The van der Waals surface area contributed by atoms with Crippen molar-refractivity contribution in [1.29, 1.82) is 0 Å². The van der Waals surface area contributed by atoms with Crippen molar-refractivity contribution in [3.05, 3.63) is 12.2 Å². The highest BCUT2D eigenvalue weighted by molar-refractivity contribution is 14.0. The number of guanidine groups is 1. The lowest BCUT2D eigenvalue weighted by Gasteiger charge is -2.31. The fourth-order valence-electron chi connectivity index (χ4n) is 2.16. The van der Waals surface area contributed by atoms with Gasteiger partial charge in [-0.3, -0.25) is 0 Å². The molecule has 20 heavy (non-hydrogen) atoms. The topological polar surface area (TPSA) is 78.1 Å². The first-order valence-electron chi connectivity index (χ1n) is 6.67. The minimum atomic E-state index is -0.436. The predicted octanol–water partition coefficient (Wildman–Crippen LogP) is 1.01. The highest BCUT2D eigenvalue weighted by Crippen LogP contribution is 2.32. The predicted molar refractivity (Wildman–Crippen MR) is 88.3 cm³/mol. The van der Waals surface area contributed by atoms with Gasteiger partial charge in [0, 0.05) is 19.4 Å². The van der Waals surface area contributed by atoms with Crippen molar-refractivity contribution in [3.8, 4) is 0 Å². The highest BCUT2D eigenvalue weighted by Gasteiger charge is 2.42. The monoisotopic (exact) mass is 397 g/mol. The lowest BCUT2D eigenvalue weighted by molar-refractivity contribution is -0.210. The molecule has 0 aromatic rings. The van der Waals surface area contributed by atoms with E-state index in [1.54, 1.807) is 0 Å². The Morgan fingerprint density at radius 1 is 1.45 bits per heavy atom. The lowest BCUT2D eigenvalue weighted by atomic mass is 10.1. The fraction of sp³-hybridized carbons (Fsp3) is 0.769. The van der Waals surface area contributed by atoms with E-state index >= 15 is 0 Å². The summed E-state index contributed by atoms with van der Waals surface area (Å²) in [5, 5.41) is 3.05. The molecule has 3 N–H and O–H groups in total. The number of ether oxygens (including phenoxy) is 3. The summed E-state index contributed by atoms with van der Waals surface area (Å²) in [6.45, 7) is 8.82. The van der Waals surface area contributed by atoms with Crippen LogP contribution in [0.15, 0.2) is 17.1 Å². The Balaban J connectivity index is 0.00000200. The minimum absolute atomic E-state index is 0. The number of aliphatic imine (C=N–C) groups is 1. The van der Waals surface area contributed by atoms with Crippen molar-refractivity contribution in [2.75, 3.05) is 32.9 Å². The Morgan fingerprint density at radius 3 is 2.80 bits per heavy atom. The van der Waals surface area contributed by atoms with Crippen molar-refractivity contribution >= 4 is 29.9 Å². The van der Waals surface area contributed by atoms with Crippen LogP contribution in [-0.2, 0) is 14.2 Å². The van der Waals surface area contributed by atoms with Gasteiger partial charge in [0.05, 0.1) is 26.4 Å². The normalized spacial score (nSPS) is 25.2. The molecule has 0 amide bonds. The summed E-state index contributed by atoms with van der Waals surface area (Å²) in [6, 6.07) is 0. The van der Waals surface area contributed by atoms with Gasteiger partial charge in [0.25, 0.3) is 0 Å². The third kappa shape index (κ3) is 5.19. The fourth-order valence-corrected chi connectivity index (χ4v) is 2.16. The van der Waals surface area contributed by atoms with Gasteiger partial charge in [-0.15, -0.1) is 24.0 Å². The Bertz CT molecular complexity index is 357. The number of hydrogen-bond donors (Lipinski definition) is 2. The number of nitrogens with zero attached hydrogens (tertiary/aromatic N) is 1. The van der Waals surface area contributed by atoms with Gasteiger partial charge in [0.15, 0.2) is 11.7 Å². The van der Waals surface area contributed by atoms with E-state index in [1.165, 1.54) is 0 Å². The summed E-state index contributed by atoms with van der Waals surface area (Å²) in [4.78, 5) is 4.16. The molecule has 1 spiro atoms. The minimum Gasteiger partial charge on any atom is -0.381 e. The van der Waals surface area contributed by atoms with Gasteiger partial charge in [-0.05, 0) is 6.92 Å². The molecule has 0 saturated carbocycles. The number of nitrogens with one attached hydrogen (secondary N) is 1. The number of nitrogens with two attached hydrogens (primary N) is 1. The third-order valence-electron chi connectivity index (χ3n) is 3.20. The molecule has 7 heteroatoms. The maximum absolute atomic E-state index is 5.97. The maximum atomic E-state index is 5.97. The average Bonchev–Trinajstić information content (AvgIpc) is 2.78. The van der Waals surface area contributed by atoms with Crippen LogP contribution in [-0.4, -0.2) is 50.8 Å². The molecule has 0 aliphatic carbocycles. The number of hydrogen-bond acceptors (Lipinski definition) is 4. The average molecular weight is 397 g/mol. The van der Waals surface area contributed by atoms with E-state index in [4.69, 9.17) is 19.9 Å². The van der Waals surface area contributed by atoms with Gasteiger partial charge < -0.3 is 25.3 Å². The van der Waals surface area contributed by atoms with Crippen LogP contribution in [0.5, 0.6) is 0 Å². The summed E-state index contributed by atoms with van der Waals surface area (Å²) in [6.07, 6.45) is 1.60. The van der Waals surface area contributed by atoms with E-state index in [0.29, 0.717) is 38.9 Å². The first kappa shape index (κ1) is 17.7. The highest BCUT2D eigenvalue weighted by atomic mass is 127. The first-order valence-corrected chi connectivity index (χ1v) is 6.67. The van der Waals surface area contributed by atoms with E-state index in [1.807, 2.05) is 6.92 Å². The Hall–Kier alpha value is -0.380. The summed E-state index contributed by atoms with van der Waals surface area (Å²) in [5.74, 6) is -0.0201. The molecule has 1 atom stereocenters. The summed E-state index contributed by atoms with van der Waals surface area (Å²) in [7, 11) is 0. The molecule has 0 aromatic heterocycles. The van der Waals surface area contributed by atoms with Crippen molar-refractivity contribution in [3.63, 3.8) is 0 Å². The zero-order valence-corrected chi connectivity index (χ0v) is 14.2. The standard InChI is InChI=1S/C13H23N3O3.HI/c1-10(2)7-15-12(14)16-8-11-9-18-13(19-11)3-5-17-6-4-13;/h11H,1,3-9H2,2H3,(H3,14,15,16);1H. The van der Waals surface area contributed by atoms with Crippen LogP contribution < -0.4 is 11.1 Å². The van der Waals surface area contributed by atoms with Crippen LogP contribution in [0.1, 0.15) is 19.8 Å². The van der Waals surface area contributed by atoms with Gasteiger partial charge in [0.2, 0.25) is 0 Å². The van der Waals surface area contributed by atoms with E-state index < -0.39 is 5.79 Å². The van der Waals surface area contributed by atoms with Crippen LogP contribution in [0.4, 0.5) is 0 Å². The second-order valence-corrected chi connectivity index (χ2v) is 5.11. The third-order valence-corrected chi connectivity index (χ3v) is 3.20. The van der Waals surface area contributed by atoms with E-state index in [-0.39, 0.29) is 30.1 Å². The van der Waals surface area contributed by atoms with Crippen molar-refractivity contribution in [1.82, 2.24) is 5.32 Å². The van der Waals surface area contributed by atoms with Gasteiger partial charge in [-0.2, -0.15) is 0 Å². The van der Waals surface area contributed by atoms with Gasteiger partial charge in [-0.1, -0.05) is 12.2 Å². The molecule has 0 aromatic carbocycles. The molecule has 116 valence electrons. The lowest BCUT2D eigenvalue weighted by Crippen LogP contribution is -2.41. The van der Waals surface area contributed by atoms with Crippen LogP contribution in [0.3, 0.4) is 0 Å². The molecule has 2 fully saturated rings. The van der Waals surface area contributed by atoms with Crippen molar-refractivity contribution in [2.24, 2.45) is 10.7 Å². The quantitative estimate of drug-likeness (QED) is 0.321. The zero-order valence-electron chi connectivity index (χ0n) is 11.9. The molecule has 0 radical (unpaired) electrons. The zero-order chi connectivity index (χ0) is 13.7. The van der Waals surface area contributed by atoms with E-state index in [2.05, 4.69) is 16.9 Å². The van der Waals surface area contributed by atoms with Crippen LogP contribution >= 0.6 is 24.0 Å². The first-order chi connectivity index (χ1) is 9.10. The molecule has 2 aliphatic heterocycles. The number of rotatable bonds is 4. The molecule has 2 heterocycles. The van der Waals surface area contributed by atoms with Gasteiger partial charge >= 0.3 is 0 Å². The largest absolute Gasteiger partial charge is 0.381 e. The Kier molecular flexibility index (Phi) is 7.21. The smallest absolute Gasteiger partial charge is 0.188 e. The summed E-state index contributed by atoms with van der Waals surface area (Å²) < 4.78 is 17.1. The molecular weight excluding hydrogens is 373 g/mol. The summed E-state index contributed by atoms with van der Waals surface area (Å²) in [5.41, 5.74) is 6.73.